The first-order chi connectivity index (χ1) is 13.5. The summed E-state index contributed by atoms with van der Waals surface area (Å²) in [5.41, 5.74) is 0.287. The molecule has 1 fully saturated rings. The smallest absolute Gasteiger partial charge is 0.335 e. The molecule has 1 aliphatic rings. The molecule has 28 heavy (non-hydrogen) atoms. The van der Waals surface area contributed by atoms with Gasteiger partial charge in [-0.1, -0.05) is 18.2 Å². The van der Waals surface area contributed by atoms with Crippen LogP contribution in [-0.4, -0.2) is 50.8 Å². The molecule has 1 N–H and O–H groups in total. The molecule has 8 nitrogen and oxygen atoms in total. The third-order valence-corrected chi connectivity index (χ3v) is 5.25. The molecular weight excluding hydrogens is 384 g/mol. The van der Waals surface area contributed by atoms with Gasteiger partial charge in [-0.05, 0) is 43.2 Å². The minimum atomic E-state index is -3.01. The zero-order valence-electron chi connectivity index (χ0n) is 15.4. The number of carbonyl (C=O) groups is 1. The van der Waals surface area contributed by atoms with Crippen molar-refractivity contribution in [1.82, 2.24) is 5.01 Å². The number of hydrazine groups is 1. The van der Waals surface area contributed by atoms with E-state index < -0.39 is 16.9 Å². The summed E-state index contributed by atoms with van der Waals surface area (Å²) in [6.45, 7) is 0.907. The molecule has 0 amide bonds. The number of benzene rings is 2. The number of anilines is 1. The monoisotopic (exact) mass is 406 g/mol. The predicted octanol–water partition coefficient (Wildman–Crippen LogP) is 2.18. The first kappa shape index (κ1) is 20.0. The van der Waals surface area contributed by atoms with Gasteiger partial charge in [-0.2, -0.15) is 4.41 Å². The van der Waals surface area contributed by atoms with Crippen molar-refractivity contribution >= 4 is 22.5 Å². The van der Waals surface area contributed by atoms with Gasteiger partial charge in [-0.15, -0.1) is 0 Å². The van der Waals surface area contributed by atoms with Crippen molar-refractivity contribution in [2.24, 2.45) is 0 Å². The van der Waals surface area contributed by atoms with Crippen LogP contribution < -0.4 is 13.9 Å². The SMILES string of the molecule is COc1cc(C(=O)O)ccc1N(N1CCCC(Oc2ccccc2)C1)[SH](=O)=O. The van der Waals surface area contributed by atoms with Crippen molar-refractivity contribution in [3.8, 4) is 11.5 Å². The lowest BCUT2D eigenvalue weighted by molar-refractivity contribution is 0.0696. The molecule has 1 unspecified atom stereocenters. The summed E-state index contributed by atoms with van der Waals surface area (Å²) in [5.74, 6) is -0.210. The summed E-state index contributed by atoms with van der Waals surface area (Å²) in [5, 5.41) is 10.8. The zero-order valence-corrected chi connectivity index (χ0v) is 16.2. The molecule has 2 aromatic rings. The second-order valence-corrected chi connectivity index (χ2v) is 7.18. The van der Waals surface area contributed by atoms with Gasteiger partial charge >= 0.3 is 5.97 Å². The number of hydrogen-bond acceptors (Lipinski definition) is 6. The van der Waals surface area contributed by atoms with E-state index >= 15 is 0 Å². The van der Waals surface area contributed by atoms with Gasteiger partial charge in [0.1, 0.15) is 23.3 Å². The van der Waals surface area contributed by atoms with E-state index in [9.17, 15) is 13.2 Å². The first-order valence-electron chi connectivity index (χ1n) is 8.82. The van der Waals surface area contributed by atoms with E-state index in [1.54, 1.807) is 5.01 Å². The molecule has 9 heteroatoms. The van der Waals surface area contributed by atoms with Crippen LogP contribution >= 0.6 is 0 Å². The highest BCUT2D eigenvalue weighted by Gasteiger charge is 2.29. The molecule has 150 valence electrons. The van der Waals surface area contributed by atoms with Crippen molar-refractivity contribution < 1.29 is 27.8 Å². The van der Waals surface area contributed by atoms with Gasteiger partial charge in [-0.3, -0.25) is 0 Å². The molecule has 1 heterocycles. The molecule has 3 rings (SSSR count). The summed E-state index contributed by atoms with van der Waals surface area (Å²) in [6.07, 6.45) is 1.40. The molecule has 0 radical (unpaired) electrons. The van der Waals surface area contributed by atoms with E-state index in [2.05, 4.69) is 0 Å². The fraction of sp³-hybridized carbons (Fsp3) is 0.316. The van der Waals surface area contributed by atoms with E-state index in [1.807, 2.05) is 30.3 Å². The van der Waals surface area contributed by atoms with Crippen molar-refractivity contribution in [2.75, 3.05) is 24.6 Å². The van der Waals surface area contributed by atoms with Crippen LogP contribution in [0.15, 0.2) is 48.5 Å². The Hall–Kier alpha value is -2.78. The van der Waals surface area contributed by atoms with Gasteiger partial charge in [0.2, 0.25) is 10.9 Å². The molecule has 0 spiro atoms. The Labute approximate surface area is 165 Å². The number of rotatable bonds is 7. The molecule has 1 atom stereocenters. The Morgan fingerprint density at radius 2 is 1.96 bits per heavy atom. The fourth-order valence-electron chi connectivity index (χ4n) is 3.20. The van der Waals surface area contributed by atoms with Crippen molar-refractivity contribution in [3.63, 3.8) is 0 Å². The molecule has 0 saturated carbocycles. The Kier molecular flexibility index (Phi) is 6.37. The number of para-hydroxylation sites is 1. The van der Waals surface area contributed by atoms with E-state index in [-0.39, 0.29) is 23.1 Å². The number of piperidine rings is 1. The highest BCUT2D eigenvalue weighted by atomic mass is 32.2. The highest BCUT2D eigenvalue weighted by molar-refractivity contribution is 7.73. The number of nitrogens with zero attached hydrogens (tertiary/aromatic N) is 2. The van der Waals surface area contributed by atoms with E-state index in [1.165, 1.54) is 25.3 Å². The van der Waals surface area contributed by atoms with Crippen LogP contribution in [0.1, 0.15) is 23.2 Å². The number of thiol groups is 1. The predicted molar refractivity (Wildman–Crippen MR) is 104 cm³/mol. The highest BCUT2D eigenvalue weighted by Crippen LogP contribution is 2.32. The van der Waals surface area contributed by atoms with Gasteiger partial charge in [0.25, 0.3) is 0 Å². The maximum absolute atomic E-state index is 12.1. The van der Waals surface area contributed by atoms with Gasteiger partial charge in [-0.25, -0.2) is 18.2 Å². The van der Waals surface area contributed by atoms with Crippen LogP contribution in [0.2, 0.25) is 0 Å². The van der Waals surface area contributed by atoms with Crippen LogP contribution in [0.5, 0.6) is 11.5 Å². The number of aromatic carboxylic acids is 1. The van der Waals surface area contributed by atoms with Crippen molar-refractivity contribution in [1.29, 1.82) is 0 Å². The third-order valence-electron chi connectivity index (χ3n) is 4.47. The van der Waals surface area contributed by atoms with Gasteiger partial charge in [0, 0.05) is 6.54 Å². The summed E-state index contributed by atoms with van der Waals surface area (Å²) in [7, 11) is -1.64. The molecule has 1 saturated heterocycles. The number of ether oxygens (including phenoxy) is 2. The van der Waals surface area contributed by atoms with Gasteiger partial charge in [0.15, 0.2) is 0 Å². The maximum Gasteiger partial charge on any atom is 0.335 e. The number of hydrogen-bond donors (Lipinski definition) is 2. The topological polar surface area (TPSA) is 96.4 Å². The fourth-order valence-corrected chi connectivity index (χ4v) is 3.91. The van der Waals surface area contributed by atoms with Crippen molar-refractivity contribution in [3.05, 3.63) is 54.1 Å². The Morgan fingerprint density at radius 1 is 1.21 bits per heavy atom. The normalized spacial score (nSPS) is 17.3. The average molecular weight is 406 g/mol. The van der Waals surface area contributed by atoms with Crippen LogP contribution in [-0.2, 0) is 10.9 Å². The average Bonchev–Trinajstić information content (AvgIpc) is 2.69. The Balaban J connectivity index is 1.85. The number of methoxy groups -OCH3 is 1. The first-order valence-corrected chi connectivity index (χ1v) is 9.95. The zero-order chi connectivity index (χ0) is 20.1. The Morgan fingerprint density at radius 3 is 2.61 bits per heavy atom. The molecule has 0 aliphatic carbocycles. The lowest BCUT2D eigenvalue weighted by Crippen LogP contribution is -2.50. The van der Waals surface area contributed by atoms with Crippen LogP contribution in [0.4, 0.5) is 5.69 Å². The van der Waals surface area contributed by atoms with E-state index in [0.29, 0.717) is 13.1 Å². The van der Waals surface area contributed by atoms with Crippen LogP contribution in [0.3, 0.4) is 0 Å². The second kappa shape index (κ2) is 8.94. The van der Waals surface area contributed by atoms with Crippen molar-refractivity contribution in [2.45, 2.75) is 18.9 Å². The lowest BCUT2D eigenvalue weighted by Gasteiger charge is -2.38. The molecule has 1 aliphatic heterocycles. The summed E-state index contributed by atoms with van der Waals surface area (Å²) in [6, 6.07) is 13.5. The lowest BCUT2D eigenvalue weighted by atomic mass is 10.1. The summed E-state index contributed by atoms with van der Waals surface area (Å²) >= 11 is 0. The van der Waals surface area contributed by atoms with E-state index in [4.69, 9.17) is 14.6 Å². The molecule has 0 aromatic heterocycles. The van der Waals surface area contributed by atoms with Gasteiger partial charge < -0.3 is 14.6 Å². The number of carboxylic acid groups (broad SMARTS) is 1. The quantitative estimate of drug-likeness (QED) is 0.681. The maximum atomic E-state index is 12.1. The minimum Gasteiger partial charge on any atom is -0.494 e. The second-order valence-electron chi connectivity index (χ2n) is 6.33. The molecule has 2 aromatic carbocycles. The van der Waals surface area contributed by atoms with Crippen LogP contribution in [0, 0.1) is 0 Å². The third kappa shape index (κ3) is 4.55. The minimum absolute atomic E-state index is 0.0191. The Bertz CT molecular complexity index is 895. The summed E-state index contributed by atoms with van der Waals surface area (Å²) in [4.78, 5) is 11.2. The van der Waals surface area contributed by atoms with E-state index in [0.717, 1.165) is 23.0 Å². The largest absolute Gasteiger partial charge is 0.494 e. The van der Waals surface area contributed by atoms with Crippen LogP contribution in [0.25, 0.3) is 0 Å². The number of carboxylic acids is 1. The molecule has 0 bridgehead atoms. The summed E-state index contributed by atoms with van der Waals surface area (Å²) < 4.78 is 36.5. The molecular formula is C19H22N2O6S. The standard InChI is InChI=1S/C19H22N2O6S/c1-26-18-12-14(19(22)23)9-10-17(18)21(28(24)25)20-11-5-8-16(13-20)27-15-6-3-2-4-7-15/h2-4,6-7,9-10,12,16,28H,5,8,11,13H2,1H3,(H,22,23). The van der Waals surface area contributed by atoms with Gasteiger partial charge in [0.05, 0.1) is 19.2 Å².